The topological polar surface area (TPSA) is 120 Å². The third kappa shape index (κ3) is 4.66. The zero-order chi connectivity index (χ0) is 25.5. The summed E-state index contributed by atoms with van der Waals surface area (Å²) in [7, 11) is 0. The molecule has 0 bridgehead atoms. The van der Waals surface area contributed by atoms with Crippen molar-refractivity contribution in [1.29, 1.82) is 0 Å². The lowest BCUT2D eigenvalue weighted by Crippen LogP contribution is -2.25. The van der Waals surface area contributed by atoms with Gasteiger partial charge in [0.25, 0.3) is 5.91 Å². The van der Waals surface area contributed by atoms with Gasteiger partial charge in [-0.05, 0) is 54.6 Å². The van der Waals surface area contributed by atoms with E-state index in [2.05, 4.69) is 5.10 Å². The van der Waals surface area contributed by atoms with Crippen molar-refractivity contribution in [1.82, 2.24) is 0 Å². The molecule has 0 saturated carbocycles. The quantitative estimate of drug-likeness (QED) is 0.452. The second-order valence-electron chi connectivity index (χ2n) is 7.18. The van der Waals surface area contributed by atoms with Crippen molar-refractivity contribution in [2.45, 2.75) is 6.18 Å². The highest BCUT2D eigenvalue weighted by molar-refractivity contribution is 6.34. The van der Waals surface area contributed by atoms with Gasteiger partial charge in [-0.2, -0.15) is 23.3 Å². The molecule has 0 atom stereocenters. The number of carboxylic acid groups (broad SMARTS) is 2. The van der Waals surface area contributed by atoms with Crippen LogP contribution in [0.3, 0.4) is 0 Å². The second kappa shape index (κ2) is 8.76. The van der Waals surface area contributed by atoms with E-state index in [1.54, 1.807) is 0 Å². The molecule has 1 aromatic heterocycles. The van der Waals surface area contributed by atoms with Gasteiger partial charge in [0.05, 0.1) is 27.4 Å². The van der Waals surface area contributed by atoms with Gasteiger partial charge in [0.2, 0.25) is 0 Å². The number of nitrogens with zero attached hydrogens (tertiary/aromatic N) is 2. The summed E-state index contributed by atoms with van der Waals surface area (Å²) in [5.41, 5.74) is -2.61. The number of benzene rings is 2. The predicted molar refractivity (Wildman–Crippen MR) is 118 cm³/mol. The van der Waals surface area contributed by atoms with Gasteiger partial charge in [-0.25, -0.2) is 9.59 Å². The van der Waals surface area contributed by atoms with Crippen LogP contribution >= 0.6 is 11.6 Å². The SMILES string of the molecule is O=C(O)c1cccc(N2N=C(C(F)(F)F)/C(=C/c3ccc(-c4ccc(Cl)c(C(=O)O)c4)o3)C2=O)c1. The molecule has 0 aliphatic carbocycles. The van der Waals surface area contributed by atoms with E-state index in [1.165, 1.54) is 48.5 Å². The number of hydrazone groups is 1. The van der Waals surface area contributed by atoms with E-state index in [1.807, 2.05) is 0 Å². The zero-order valence-corrected chi connectivity index (χ0v) is 18.0. The minimum Gasteiger partial charge on any atom is -0.478 e. The Hall–Kier alpha value is -4.38. The average molecular weight is 505 g/mol. The molecule has 3 aromatic rings. The van der Waals surface area contributed by atoms with Crippen LogP contribution in [0.25, 0.3) is 17.4 Å². The molecule has 0 fully saturated rings. The average Bonchev–Trinajstić information content (AvgIpc) is 3.39. The molecule has 35 heavy (non-hydrogen) atoms. The van der Waals surface area contributed by atoms with Gasteiger partial charge in [-0.3, -0.25) is 4.79 Å². The Morgan fingerprint density at radius 3 is 2.43 bits per heavy atom. The first kappa shape index (κ1) is 23.8. The van der Waals surface area contributed by atoms with Crippen molar-refractivity contribution in [2.24, 2.45) is 5.10 Å². The van der Waals surface area contributed by atoms with Crippen LogP contribution in [0.15, 0.2) is 69.7 Å². The summed E-state index contributed by atoms with van der Waals surface area (Å²) in [6.07, 6.45) is -4.14. The highest BCUT2D eigenvalue weighted by Crippen LogP contribution is 2.34. The van der Waals surface area contributed by atoms with Gasteiger partial charge in [0.1, 0.15) is 11.5 Å². The number of carbonyl (C=O) groups excluding carboxylic acids is 1. The molecule has 0 saturated heterocycles. The Labute approximate surface area is 199 Å². The predicted octanol–water partition coefficient (Wildman–Crippen LogP) is 5.34. The first-order chi connectivity index (χ1) is 16.5. The second-order valence-corrected chi connectivity index (χ2v) is 7.59. The first-order valence-corrected chi connectivity index (χ1v) is 10.0. The first-order valence-electron chi connectivity index (χ1n) is 9.64. The minimum atomic E-state index is -5.00. The van der Waals surface area contributed by atoms with Crippen LogP contribution in [0.1, 0.15) is 26.5 Å². The maximum Gasteiger partial charge on any atom is 0.435 e. The highest BCUT2D eigenvalue weighted by atomic mass is 35.5. The zero-order valence-electron chi connectivity index (χ0n) is 17.2. The van der Waals surface area contributed by atoms with Gasteiger partial charge in [0.15, 0.2) is 5.71 Å². The third-order valence-electron chi connectivity index (χ3n) is 4.88. The van der Waals surface area contributed by atoms with Gasteiger partial charge < -0.3 is 14.6 Å². The lowest BCUT2D eigenvalue weighted by atomic mass is 10.1. The van der Waals surface area contributed by atoms with Crippen molar-refractivity contribution in [3.63, 3.8) is 0 Å². The fourth-order valence-electron chi connectivity index (χ4n) is 3.27. The lowest BCUT2D eigenvalue weighted by Gasteiger charge is -2.11. The third-order valence-corrected chi connectivity index (χ3v) is 5.21. The molecule has 1 aliphatic heterocycles. The number of amides is 1. The lowest BCUT2D eigenvalue weighted by molar-refractivity contribution is -0.114. The molecule has 0 radical (unpaired) electrons. The van der Waals surface area contributed by atoms with Crippen molar-refractivity contribution in [3.8, 4) is 11.3 Å². The van der Waals surface area contributed by atoms with Crippen LogP contribution < -0.4 is 5.01 Å². The van der Waals surface area contributed by atoms with Gasteiger partial charge >= 0.3 is 18.1 Å². The Balaban J connectivity index is 1.72. The summed E-state index contributed by atoms with van der Waals surface area (Å²) < 4.78 is 46.5. The van der Waals surface area contributed by atoms with E-state index < -0.39 is 35.3 Å². The molecular weight excluding hydrogens is 493 g/mol. The van der Waals surface area contributed by atoms with Crippen LogP contribution in [0.5, 0.6) is 0 Å². The summed E-state index contributed by atoms with van der Waals surface area (Å²) in [4.78, 5) is 35.3. The molecule has 0 unspecified atom stereocenters. The summed E-state index contributed by atoms with van der Waals surface area (Å²) in [6.45, 7) is 0. The Morgan fingerprint density at radius 1 is 1.03 bits per heavy atom. The Kier molecular flexibility index (Phi) is 5.95. The van der Waals surface area contributed by atoms with Crippen molar-refractivity contribution < 1.29 is 42.2 Å². The van der Waals surface area contributed by atoms with Gasteiger partial charge in [-0.1, -0.05) is 17.7 Å². The normalized spacial score (nSPS) is 15.0. The summed E-state index contributed by atoms with van der Waals surface area (Å²) in [5, 5.41) is 22.2. The molecule has 4 rings (SSSR count). The van der Waals surface area contributed by atoms with Crippen LogP contribution in [-0.2, 0) is 4.79 Å². The summed E-state index contributed by atoms with van der Waals surface area (Å²) in [5.74, 6) is -3.75. The van der Waals surface area contributed by atoms with Crippen molar-refractivity contribution >= 4 is 46.9 Å². The van der Waals surface area contributed by atoms with E-state index in [0.29, 0.717) is 10.6 Å². The number of alkyl halides is 3. The van der Waals surface area contributed by atoms with Gasteiger partial charge in [0, 0.05) is 5.56 Å². The molecule has 1 amide bonds. The molecule has 8 nitrogen and oxygen atoms in total. The number of anilines is 1. The van der Waals surface area contributed by atoms with E-state index in [0.717, 1.165) is 12.1 Å². The van der Waals surface area contributed by atoms with Crippen LogP contribution in [-0.4, -0.2) is 39.9 Å². The van der Waals surface area contributed by atoms with E-state index in [-0.39, 0.29) is 33.4 Å². The maximum absolute atomic E-state index is 13.7. The van der Waals surface area contributed by atoms with E-state index in [4.69, 9.17) is 21.1 Å². The molecular formula is C23H12ClF3N2O6. The smallest absolute Gasteiger partial charge is 0.435 e. The van der Waals surface area contributed by atoms with E-state index >= 15 is 0 Å². The molecule has 1 aliphatic rings. The number of aromatic carboxylic acids is 2. The maximum atomic E-state index is 13.7. The number of rotatable bonds is 5. The van der Waals surface area contributed by atoms with Crippen LogP contribution in [0.2, 0.25) is 5.02 Å². The molecule has 2 heterocycles. The van der Waals surface area contributed by atoms with Crippen molar-refractivity contribution in [2.75, 3.05) is 5.01 Å². The fraction of sp³-hybridized carbons (Fsp3) is 0.0435. The molecule has 2 N–H and O–H groups in total. The number of carbonyl (C=O) groups is 3. The summed E-state index contributed by atoms with van der Waals surface area (Å²) >= 11 is 5.85. The number of hydrogen-bond donors (Lipinski definition) is 2. The van der Waals surface area contributed by atoms with Crippen molar-refractivity contribution in [3.05, 3.63) is 82.1 Å². The standard InChI is InChI=1S/C23H12ClF3N2O6/c24-17-6-4-11(9-15(17)22(33)34)18-7-5-14(35-18)10-16-19(23(25,26)27)28-29(20(16)30)13-3-1-2-12(8-13)21(31)32/h1-10H,(H,31,32)(H,33,34)/b16-10-. The Morgan fingerprint density at radius 2 is 1.77 bits per heavy atom. The molecule has 178 valence electrons. The molecule has 2 aromatic carbocycles. The number of hydrogen-bond acceptors (Lipinski definition) is 5. The van der Waals surface area contributed by atoms with E-state index in [9.17, 15) is 32.7 Å². The van der Waals surface area contributed by atoms with Gasteiger partial charge in [-0.15, -0.1) is 0 Å². The summed E-state index contributed by atoms with van der Waals surface area (Å²) in [6, 6.07) is 11.5. The van der Waals surface area contributed by atoms with Crippen LogP contribution in [0.4, 0.5) is 18.9 Å². The molecule has 0 spiro atoms. The fourth-order valence-corrected chi connectivity index (χ4v) is 3.47. The number of carboxylic acids is 2. The largest absolute Gasteiger partial charge is 0.478 e. The number of halogens is 4. The number of furan rings is 1. The highest BCUT2D eigenvalue weighted by Gasteiger charge is 2.47. The van der Waals surface area contributed by atoms with Crippen LogP contribution in [0, 0.1) is 0 Å². The molecule has 12 heteroatoms. The monoisotopic (exact) mass is 504 g/mol. The Bertz CT molecular complexity index is 1440. The minimum absolute atomic E-state index is 0.00945.